The van der Waals surface area contributed by atoms with Gasteiger partial charge in [-0.25, -0.2) is 0 Å². The van der Waals surface area contributed by atoms with Crippen LogP contribution in [0.15, 0.2) is 41.8 Å². The number of ketones is 1. The van der Waals surface area contributed by atoms with Crippen molar-refractivity contribution >= 4 is 29.1 Å². The molecule has 3 rings (SSSR count). The van der Waals surface area contributed by atoms with Crippen molar-refractivity contribution in [1.82, 2.24) is 19.3 Å². The second kappa shape index (κ2) is 10.1. The number of benzene rings is 1. The molecule has 0 spiro atoms. The van der Waals surface area contributed by atoms with Gasteiger partial charge in [-0.2, -0.15) is 0 Å². The van der Waals surface area contributed by atoms with Crippen molar-refractivity contribution in [3.05, 3.63) is 64.2 Å². The average molecular weight is 433 g/mol. The van der Waals surface area contributed by atoms with Crippen LogP contribution in [-0.2, 0) is 24.2 Å². The number of methoxy groups -OCH3 is 1. The van der Waals surface area contributed by atoms with Crippen LogP contribution in [0.1, 0.15) is 27.3 Å². The first-order chi connectivity index (χ1) is 14.0. The minimum absolute atomic E-state index is 0.0992. The predicted octanol–water partition coefficient (Wildman–Crippen LogP) is 4.21. The zero-order chi connectivity index (χ0) is 20.8. The highest BCUT2D eigenvalue weighted by atomic mass is 35.5. The molecule has 0 aliphatic heterocycles. The molecule has 0 saturated carbocycles. The summed E-state index contributed by atoms with van der Waals surface area (Å²) in [5, 5.41) is 9.51. The molecule has 2 aromatic heterocycles. The molecule has 0 atom stereocenters. The van der Waals surface area contributed by atoms with E-state index in [9.17, 15) is 4.79 Å². The van der Waals surface area contributed by atoms with Gasteiger partial charge in [-0.05, 0) is 44.0 Å². The molecule has 0 saturated heterocycles. The van der Waals surface area contributed by atoms with Gasteiger partial charge in [0, 0.05) is 42.2 Å². The van der Waals surface area contributed by atoms with Crippen LogP contribution in [0.4, 0.5) is 0 Å². The van der Waals surface area contributed by atoms with Gasteiger partial charge in [0.05, 0.1) is 12.4 Å². The fourth-order valence-electron chi connectivity index (χ4n) is 3.23. The Morgan fingerprint density at radius 1 is 1.21 bits per heavy atom. The van der Waals surface area contributed by atoms with E-state index in [1.54, 1.807) is 13.4 Å². The Kier molecular flexibility index (Phi) is 7.52. The maximum atomic E-state index is 12.8. The maximum absolute atomic E-state index is 12.8. The third-order valence-corrected chi connectivity index (χ3v) is 6.09. The largest absolute Gasteiger partial charge is 0.383 e. The van der Waals surface area contributed by atoms with Crippen LogP contribution < -0.4 is 0 Å². The van der Waals surface area contributed by atoms with Gasteiger partial charge in [0.1, 0.15) is 6.33 Å². The first-order valence-corrected chi connectivity index (χ1v) is 10.8. The molecule has 1 aromatic carbocycles. The van der Waals surface area contributed by atoms with Crippen molar-refractivity contribution < 1.29 is 9.53 Å². The number of aryl methyl sites for hydroxylation is 2. The van der Waals surface area contributed by atoms with Crippen LogP contribution in [0.5, 0.6) is 0 Å². The number of hydrogen-bond donors (Lipinski definition) is 0. The molecule has 2 heterocycles. The lowest BCUT2D eigenvalue weighted by Gasteiger charge is -2.10. The number of hydrogen-bond acceptors (Lipinski definition) is 5. The lowest BCUT2D eigenvalue weighted by molar-refractivity contribution is 0.102. The SMILES string of the molecule is COCCn1cnnc1SCC(=O)c1cc(C)n(CCc2ccc(Cl)cc2)c1C. The van der Waals surface area contributed by atoms with Crippen LogP contribution in [0.3, 0.4) is 0 Å². The summed E-state index contributed by atoms with van der Waals surface area (Å²) in [4.78, 5) is 12.8. The normalized spacial score (nSPS) is 11.2. The molecule has 0 aliphatic rings. The third kappa shape index (κ3) is 5.50. The van der Waals surface area contributed by atoms with E-state index in [1.165, 1.54) is 17.3 Å². The monoisotopic (exact) mass is 432 g/mol. The molecule has 0 aliphatic carbocycles. The highest BCUT2D eigenvalue weighted by Gasteiger charge is 2.17. The summed E-state index contributed by atoms with van der Waals surface area (Å²) in [6.45, 7) is 6.12. The van der Waals surface area contributed by atoms with Gasteiger partial charge in [-0.1, -0.05) is 35.5 Å². The molecule has 0 unspecified atom stereocenters. The van der Waals surface area contributed by atoms with E-state index >= 15 is 0 Å². The Morgan fingerprint density at radius 3 is 2.69 bits per heavy atom. The number of aromatic nitrogens is 4. The summed E-state index contributed by atoms with van der Waals surface area (Å²) in [6, 6.07) is 9.88. The number of carbonyl (C=O) groups excluding carboxylic acids is 1. The number of thioether (sulfide) groups is 1. The van der Waals surface area contributed by atoms with E-state index in [2.05, 4.69) is 14.8 Å². The summed E-state index contributed by atoms with van der Waals surface area (Å²) in [7, 11) is 1.66. The van der Waals surface area contributed by atoms with E-state index in [-0.39, 0.29) is 5.78 Å². The van der Waals surface area contributed by atoms with Crippen molar-refractivity contribution in [3.8, 4) is 0 Å². The molecule has 0 bridgehead atoms. The third-order valence-electron chi connectivity index (χ3n) is 4.86. The van der Waals surface area contributed by atoms with E-state index in [0.717, 1.165) is 40.1 Å². The molecule has 6 nitrogen and oxygen atoms in total. The molecule has 0 fully saturated rings. The number of halogens is 1. The molecule has 0 radical (unpaired) electrons. The van der Waals surface area contributed by atoms with Crippen LogP contribution in [-0.4, -0.2) is 44.6 Å². The van der Waals surface area contributed by atoms with Gasteiger partial charge >= 0.3 is 0 Å². The fraction of sp³-hybridized carbons (Fsp3) is 0.381. The standard InChI is InChI=1S/C21H25ClN4O2S/c1-15-12-19(16(2)26(15)9-8-17-4-6-18(22)7-5-17)20(27)13-29-21-24-23-14-25(21)10-11-28-3/h4-7,12,14H,8-11,13H2,1-3H3. The minimum atomic E-state index is 0.0992. The van der Waals surface area contributed by atoms with Gasteiger partial charge in [-0.15, -0.1) is 10.2 Å². The van der Waals surface area contributed by atoms with Crippen molar-refractivity contribution in [2.24, 2.45) is 0 Å². The van der Waals surface area contributed by atoms with Crippen molar-refractivity contribution in [2.75, 3.05) is 19.5 Å². The summed E-state index contributed by atoms with van der Waals surface area (Å²) >= 11 is 7.36. The summed E-state index contributed by atoms with van der Waals surface area (Å²) in [5.41, 5.74) is 4.09. The quantitative estimate of drug-likeness (QED) is 0.354. The Morgan fingerprint density at radius 2 is 1.97 bits per heavy atom. The van der Waals surface area contributed by atoms with Gasteiger partial charge < -0.3 is 13.9 Å². The van der Waals surface area contributed by atoms with Crippen LogP contribution in [0.2, 0.25) is 5.02 Å². The number of carbonyl (C=O) groups is 1. The van der Waals surface area contributed by atoms with E-state index < -0.39 is 0 Å². The topological polar surface area (TPSA) is 61.9 Å². The van der Waals surface area contributed by atoms with Crippen LogP contribution >= 0.6 is 23.4 Å². The maximum Gasteiger partial charge on any atom is 0.191 e. The molecular weight excluding hydrogens is 408 g/mol. The first kappa shape index (κ1) is 21.6. The Labute approximate surface area is 180 Å². The van der Waals surface area contributed by atoms with Crippen molar-refractivity contribution in [1.29, 1.82) is 0 Å². The van der Waals surface area contributed by atoms with Crippen molar-refractivity contribution in [3.63, 3.8) is 0 Å². The molecule has 3 aromatic rings. The van der Waals surface area contributed by atoms with Gasteiger partial charge in [0.2, 0.25) is 0 Å². The zero-order valence-electron chi connectivity index (χ0n) is 16.9. The molecule has 154 valence electrons. The molecule has 0 amide bonds. The van der Waals surface area contributed by atoms with Crippen LogP contribution in [0.25, 0.3) is 0 Å². The fourth-order valence-corrected chi connectivity index (χ4v) is 4.18. The number of rotatable bonds is 10. The number of nitrogens with zero attached hydrogens (tertiary/aromatic N) is 4. The molecule has 0 N–H and O–H groups in total. The Bertz CT molecular complexity index is 966. The summed E-state index contributed by atoms with van der Waals surface area (Å²) in [5.74, 6) is 0.426. The zero-order valence-corrected chi connectivity index (χ0v) is 18.5. The lowest BCUT2D eigenvalue weighted by Crippen LogP contribution is -2.09. The van der Waals surface area contributed by atoms with Crippen LogP contribution in [0, 0.1) is 13.8 Å². The average Bonchev–Trinajstić information content (AvgIpc) is 3.28. The first-order valence-electron chi connectivity index (χ1n) is 9.43. The second-order valence-corrected chi connectivity index (χ2v) is 8.20. The highest BCUT2D eigenvalue weighted by Crippen LogP contribution is 2.21. The van der Waals surface area contributed by atoms with Crippen molar-refractivity contribution in [2.45, 2.75) is 38.5 Å². The predicted molar refractivity (Wildman–Crippen MR) is 116 cm³/mol. The number of Topliss-reactive ketones (excluding diaryl/α,β-unsaturated/α-hetero) is 1. The summed E-state index contributed by atoms with van der Waals surface area (Å²) in [6.07, 6.45) is 2.55. The van der Waals surface area contributed by atoms with Gasteiger partial charge in [0.25, 0.3) is 0 Å². The van der Waals surface area contributed by atoms with Gasteiger partial charge in [0.15, 0.2) is 10.9 Å². The second-order valence-electron chi connectivity index (χ2n) is 6.82. The molecular formula is C21H25ClN4O2S. The van der Waals surface area contributed by atoms with E-state index in [1.807, 2.05) is 48.7 Å². The smallest absolute Gasteiger partial charge is 0.191 e. The van der Waals surface area contributed by atoms with E-state index in [0.29, 0.717) is 18.9 Å². The van der Waals surface area contributed by atoms with E-state index in [4.69, 9.17) is 16.3 Å². The molecule has 29 heavy (non-hydrogen) atoms. The lowest BCUT2D eigenvalue weighted by atomic mass is 10.1. The minimum Gasteiger partial charge on any atom is -0.383 e. The Hall–Kier alpha value is -2.09. The highest BCUT2D eigenvalue weighted by molar-refractivity contribution is 7.99. The number of ether oxygens (including phenoxy) is 1. The summed E-state index contributed by atoms with van der Waals surface area (Å²) < 4.78 is 9.20. The molecule has 8 heteroatoms. The Balaban J connectivity index is 1.63. The van der Waals surface area contributed by atoms with Gasteiger partial charge in [-0.3, -0.25) is 4.79 Å².